The van der Waals surface area contributed by atoms with Crippen LogP contribution in [-0.4, -0.2) is 23.2 Å². The molecule has 1 N–H and O–H groups in total. The molecular formula is C18H18N4O2S. The van der Waals surface area contributed by atoms with Gasteiger partial charge in [0.15, 0.2) is 0 Å². The van der Waals surface area contributed by atoms with Gasteiger partial charge in [-0.2, -0.15) is 5.10 Å². The fraction of sp³-hybridized carbons (Fsp3) is 0.111. The topological polar surface area (TPSA) is 76.9 Å². The Morgan fingerprint density at radius 3 is 2.40 bits per heavy atom. The molecule has 0 saturated carbocycles. The van der Waals surface area contributed by atoms with Gasteiger partial charge in [-0.3, -0.25) is 0 Å². The van der Waals surface area contributed by atoms with E-state index in [9.17, 15) is 8.42 Å². The molecule has 0 unspecified atom stereocenters. The first-order valence-corrected chi connectivity index (χ1v) is 9.28. The molecular weight excluding hydrogens is 336 g/mol. The van der Waals surface area contributed by atoms with Crippen molar-refractivity contribution in [3.8, 4) is 0 Å². The Bertz CT molecular complexity index is 919. The molecule has 0 aliphatic heterocycles. The van der Waals surface area contributed by atoms with Gasteiger partial charge in [0.1, 0.15) is 12.7 Å². The summed E-state index contributed by atoms with van der Waals surface area (Å²) in [5.41, 5.74) is 2.80. The average molecular weight is 354 g/mol. The third-order valence-electron chi connectivity index (χ3n) is 3.55. The second-order valence-electron chi connectivity index (χ2n) is 5.49. The Hall–Kier alpha value is -2.77. The van der Waals surface area contributed by atoms with E-state index in [1.165, 1.54) is 11.7 Å². The Morgan fingerprint density at radius 1 is 1.00 bits per heavy atom. The quantitative estimate of drug-likeness (QED) is 0.707. The summed E-state index contributed by atoms with van der Waals surface area (Å²) in [6.07, 6.45) is 4.72. The van der Waals surface area contributed by atoms with Gasteiger partial charge in [-0.05, 0) is 22.8 Å². The first-order chi connectivity index (χ1) is 12.1. The van der Waals surface area contributed by atoms with Gasteiger partial charge in [-0.25, -0.2) is 22.8 Å². The fourth-order valence-electron chi connectivity index (χ4n) is 2.23. The fourth-order valence-corrected chi connectivity index (χ4v) is 3.03. The van der Waals surface area contributed by atoms with Crippen molar-refractivity contribution in [2.45, 2.75) is 13.1 Å². The molecule has 0 saturated heterocycles. The van der Waals surface area contributed by atoms with E-state index in [2.05, 4.69) is 14.8 Å². The molecule has 1 aromatic heterocycles. The zero-order valence-electron chi connectivity index (χ0n) is 13.5. The van der Waals surface area contributed by atoms with Gasteiger partial charge in [-0.15, -0.1) is 0 Å². The molecule has 7 heteroatoms. The van der Waals surface area contributed by atoms with Gasteiger partial charge in [0, 0.05) is 12.0 Å². The first kappa shape index (κ1) is 17.1. The van der Waals surface area contributed by atoms with Gasteiger partial charge in [0.25, 0.3) is 0 Å². The molecule has 128 valence electrons. The minimum absolute atomic E-state index is 0.241. The van der Waals surface area contributed by atoms with E-state index in [1.807, 2.05) is 54.6 Å². The highest BCUT2D eigenvalue weighted by molar-refractivity contribution is 7.92. The number of nitrogens with one attached hydrogen (secondary N) is 1. The van der Waals surface area contributed by atoms with Crippen molar-refractivity contribution in [1.82, 2.24) is 19.5 Å². The molecule has 0 amide bonds. The predicted molar refractivity (Wildman–Crippen MR) is 96.8 cm³/mol. The smallest absolute Gasteiger partial charge is 0.234 e. The summed E-state index contributed by atoms with van der Waals surface area (Å²) in [4.78, 5) is 3.90. The molecule has 0 aliphatic carbocycles. The molecule has 0 radical (unpaired) electrons. The molecule has 0 spiro atoms. The SMILES string of the molecule is O=S(=O)(/C=C/c1ccccc1)NCc1ccc(Cn2cncn2)cc1. The maximum absolute atomic E-state index is 12.0. The number of rotatable bonds is 7. The van der Waals surface area contributed by atoms with Crippen molar-refractivity contribution in [2.75, 3.05) is 0 Å². The van der Waals surface area contributed by atoms with Crippen molar-refractivity contribution in [2.24, 2.45) is 0 Å². The summed E-state index contributed by atoms with van der Waals surface area (Å²) in [6, 6.07) is 17.0. The highest BCUT2D eigenvalue weighted by Gasteiger charge is 2.05. The first-order valence-electron chi connectivity index (χ1n) is 7.74. The van der Waals surface area contributed by atoms with Crippen LogP contribution in [0.15, 0.2) is 72.7 Å². The van der Waals surface area contributed by atoms with Gasteiger partial charge in [0.2, 0.25) is 10.0 Å². The number of nitrogens with zero attached hydrogens (tertiary/aromatic N) is 3. The van der Waals surface area contributed by atoms with Crippen LogP contribution in [-0.2, 0) is 23.1 Å². The van der Waals surface area contributed by atoms with Crippen molar-refractivity contribution in [1.29, 1.82) is 0 Å². The highest BCUT2D eigenvalue weighted by atomic mass is 32.2. The van der Waals surface area contributed by atoms with Crippen LogP contribution in [0.3, 0.4) is 0 Å². The number of benzene rings is 2. The second-order valence-corrected chi connectivity index (χ2v) is 7.14. The highest BCUT2D eigenvalue weighted by Crippen LogP contribution is 2.07. The van der Waals surface area contributed by atoms with E-state index in [0.29, 0.717) is 6.54 Å². The Labute approximate surface area is 146 Å². The Morgan fingerprint density at radius 2 is 1.72 bits per heavy atom. The summed E-state index contributed by atoms with van der Waals surface area (Å²) in [7, 11) is -3.48. The van der Waals surface area contributed by atoms with E-state index in [4.69, 9.17) is 0 Å². The van der Waals surface area contributed by atoms with E-state index in [1.54, 1.807) is 17.1 Å². The van der Waals surface area contributed by atoms with Crippen LogP contribution >= 0.6 is 0 Å². The number of hydrogen-bond donors (Lipinski definition) is 1. The monoisotopic (exact) mass is 354 g/mol. The van der Waals surface area contributed by atoms with Crippen molar-refractivity contribution >= 4 is 16.1 Å². The van der Waals surface area contributed by atoms with Gasteiger partial charge in [0.05, 0.1) is 6.54 Å². The lowest BCUT2D eigenvalue weighted by Crippen LogP contribution is -2.20. The molecule has 0 bridgehead atoms. The maximum atomic E-state index is 12.0. The summed E-state index contributed by atoms with van der Waals surface area (Å²) in [6.45, 7) is 0.872. The van der Waals surface area contributed by atoms with Gasteiger partial charge in [-0.1, -0.05) is 54.6 Å². The molecule has 3 rings (SSSR count). The average Bonchev–Trinajstić information content (AvgIpc) is 3.14. The van der Waals surface area contributed by atoms with Crippen molar-refractivity contribution in [3.63, 3.8) is 0 Å². The number of hydrogen-bond acceptors (Lipinski definition) is 4. The van der Waals surface area contributed by atoms with Crippen LogP contribution in [0.25, 0.3) is 6.08 Å². The van der Waals surface area contributed by atoms with Crippen molar-refractivity contribution in [3.05, 3.63) is 89.4 Å². The van der Waals surface area contributed by atoms with Crippen LogP contribution < -0.4 is 4.72 Å². The minimum atomic E-state index is -3.48. The van der Waals surface area contributed by atoms with Gasteiger partial charge >= 0.3 is 0 Å². The lowest BCUT2D eigenvalue weighted by Gasteiger charge is -2.05. The minimum Gasteiger partial charge on any atom is -0.249 e. The zero-order valence-corrected chi connectivity index (χ0v) is 14.3. The molecule has 0 atom stereocenters. The molecule has 1 heterocycles. The number of aromatic nitrogens is 3. The molecule has 0 fully saturated rings. The Kier molecular flexibility index (Phi) is 5.37. The van der Waals surface area contributed by atoms with Gasteiger partial charge < -0.3 is 0 Å². The molecule has 3 aromatic rings. The van der Waals surface area contributed by atoms with E-state index in [-0.39, 0.29) is 6.54 Å². The van der Waals surface area contributed by atoms with E-state index >= 15 is 0 Å². The standard InChI is InChI=1S/C18H18N4O2S/c23-25(24,11-10-16-4-2-1-3-5-16)21-12-17-6-8-18(9-7-17)13-22-15-19-14-20-22/h1-11,14-15,21H,12-13H2/b11-10+. The lowest BCUT2D eigenvalue weighted by molar-refractivity contribution is 0.591. The number of sulfonamides is 1. The summed E-state index contributed by atoms with van der Waals surface area (Å²) in [5, 5.41) is 5.24. The van der Waals surface area contributed by atoms with Crippen molar-refractivity contribution < 1.29 is 8.42 Å². The van der Waals surface area contributed by atoms with Crippen LogP contribution in [0, 0.1) is 0 Å². The maximum Gasteiger partial charge on any atom is 0.234 e. The summed E-state index contributed by atoms with van der Waals surface area (Å²) < 4.78 is 28.4. The van der Waals surface area contributed by atoms with Crippen LogP contribution in [0.4, 0.5) is 0 Å². The lowest BCUT2D eigenvalue weighted by atomic mass is 10.1. The van der Waals surface area contributed by atoms with Crippen LogP contribution in [0.1, 0.15) is 16.7 Å². The Balaban J connectivity index is 1.56. The largest absolute Gasteiger partial charge is 0.249 e. The zero-order chi connectivity index (χ0) is 17.5. The van der Waals surface area contributed by atoms with Crippen LogP contribution in [0.2, 0.25) is 0 Å². The molecule has 6 nitrogen and oxygen atoms in total. The molecule has 0 aliphatic rings. The predicted octanol–water partition coefficient (Wildman–Crippen LogP) is 2.42. The third kappa shape index (κ3) is 5.37. The molecule has 25 heavy (non-hydrogen) atoms. The summed E-state index contributed by atoms with van der Waals surface area (Å²) >= 11 is 0. The normalized spacial score (nSPS) is 11.8. The summed E-state index contributed by atoms with van der Waals surface area (Å²) in [5.74, 6) is 0. The molecule has 2 aromatic carbocycles. The second kappa shape index (κ2) is 7.87. The van der Waals surface area contributed by atoms with E-state index in [0.717, 1.165) is 16.7 Å². The third-order valence-corrected chi connectivity index (χ3v) is 4.59. The van der Waals surface area contributed by atoms with E-state index < -0.39 is 10.0 Å². The van der Waals surface area contributed by atoms with Crippen LogP contribution in [0.5, 0.6) is 0 Å².